The third-order valence-electron chi connectivity index (χ3n) is 6.49. The molecule has 36 heavy (non-hydrogen) atoms. The van der Waals surface area contributed by atoms with E-state index in [1.165, 1.54) is 20.1 Å². The molecular formula is C27H27NO7S. The van der Waals surface area contributed by atoms with Crippen LogP contribution in [0, 0.1) is 6.92 Å². The van der Waals surface area contributed by atoms with Gasteiger partial charge in [-0.1, -0.05) is 12.1 Å². The third-order valence-corrected chi connectivity index (χ3v) is 7.23. The van der Waals surface area contributed by atoms with E-state index < -0.39 is 29.5 Å². The number of aromatic hydroxyl groups is 3. The van der Waals surface area contributed by atoms with Crippen LogP contribution in [-0.2, 0) is 20.9 Å². The van der Waals surface area contributed by atoms with Gasteiger partial charge in [-0.2, -0.15) is 0 Å². The van der Waals surface area contributed by atoms with Gasteiger partial charge in [0.05, 0.1) is 31.4 Å². The Morgan fingerprint density at radius 3 is 2.47 bits per heavy atom. The molecule has 1 aliphatic heterocycles. The van der Waals surface area contributed by atoms with Crippen molar-refractivity contribution >= 4 is 23.5 Å². The zero-order chi connectivity index (χ0) is 26.1. The number of fused-ring (bicyclic) bond motifs is 1. The van der Waals surface area contributed by atoms with Crippen molar-refractivity contribution in [3.63, 3.8) is 0 Å². The second-order valence-electron chi connectivity index (χ2n) is 8.61. The Kier molecular flexibility index (Phi) is 7.23. The van der Waals surface area contributed by atoms with Crippen LogP contribution in [0.25, 0.3) is 0 Å². The summed E-state index contributed by atoms with van der Waals surface area (Å²) in [6, 6.07) is 8.73. The Morgan fingerprint density at radius 1 is 1.17 bits per heavy atom. The lowest BCUT2D eigenvalue weighted by molar-refractivity contribution is -0.140. The number of ketones is 1. The summed E-state index contributed by atoms with van der Waals surface area (Å²) >= 11 is 1.55. The highest BCUT2D eigenvalue weighted by Gasteiger charge is 2.36. The molecule has 2 heterocycles. The number of benzene rings is 2. The Labute approximate surface area is 212 Å². The van der Waals surface area contributed by atoms with Gasteiger partial charge in [0, 0.05) is 39.3 Å². The quantitative estimate of drug-likeness (QED) is 0.235. The molecule has 0 spiro atoms. The minimum atomic E-state index is -0.906. The SMILES string of the molecule is COC(=O)C[C@H](c1ccc(SC)cc1)c1c(O)c(C(C)=O)cc([C@H]2OCc3cnc(C)c(O)c32)c1O. The van der Waals surface area contributed by atoms with Crippen LogP contribution in [-0.4, -0.2) is 45.4 Å². The van der Waals surface area contributed by atoms with Gasteiger partial charge < -0.3 is 24.8 Å². The molecule has 0 saturated heterocycles. The van der Waals surface area contributed by atoms with Crippen LogP contribution in [0.1, 0.15) is 69.2 Å². The minimum absolute atomic E-state index is 0.0160. The standard InChI is InChI=1S/C27H27NO7S/c1-13-24(31)22-16(11-28-13)12-35-27(22)20-9-18(14(2)29)25(32)23(26(20)33)19(10-21(30)34-3)15-5-7-17(36-4)8-6-15/h5-9,11,19,27,31-33H,10,12H2,1-4H3/t19-,27-/m1/s1. The van der Waals surface area contributed by atoms with Gasteiger partial charge in [-0.3, -0.25) is 14.6 Å². The highest BCUT2D eigenvalue weighted by molar-refractivity contribution is 7.98. The summed E-state index contributed by atoms with van der Waals surface area (Å²) in [5.41, 5.74) is 2.32. The molecule has 0 bridgehead atoms. The maximum atomic E-state index is 12.5. The Bertz CT molecular complexity index is 1340. The molecule has 8 nitrogen and oxygen atoms in total. The van der Waals surface area contributed by atoms with Gasteiger partial charge in [-0.05, 0) is 43.9 Å². The van der Waals surface area contributed by atoms with E-state index in [1.54, 1.807) is 37.0 Å². The monoisotopic (exact) mass is 509 g/mol. The number of aryl methyl sites for hydroxylation is 1. The van der Waals surface area contributed by atoms with Gasteiger partial charge in [0.2, 0.25) is 0 Å². The van der Waals surface area contributed by atoms with E-state index in [2.05, 4.69) is 4.98 Å². The number of hydrogen-bond acceptors (Lipinski definition) is 9. The largest absolute Gasteiger partial charge is 0.507 e. The molecule has 2 atom stereocenters. The van der Waals surface area contributed by atoms with Gasteiger partial charge in [0.25, 0.3) is 0 Å². The highest BCUT2D eigenvalue weighted by Crippen LogP contribution is 2.50. The van der Waals surface area contributed by atoms with Crippen molar-refractivity contribution < 1.29 is 34.4 Å². The first kappa shape index (κ1) is 25.5. The van der Waals surface area contributed by atoms with Crippen LogP contribution in [0.5, 0.6) is 17.2 Å². The number of hydrogen-bond donors (Lipinski definition) is 3. The summed E-state index contributed by atoms with van der Waals surface area (Å²) in [7, 11) is 1.26. The number of Topliss-reactive ketones (excluding diaryl/α,β-unsaturated/α-hetero) is 1. The summed E-state index contributed by atoms with van der Waals surface area (Å²) in [5, 5.41) is 33.4. The maximum absolute atomic E-state index is 12.5. The average molecular weight is 510 g/mol. The van der Waals surface area contributed by atoms with E-state index in [9.17, 15) is 24.9 Å². The number of phenolic OH excluding ortho intramolecular Hbond substituents is 2. The number of aromatic nitrogens is 1. The molecule has 0 unspecified atom stereocenters. The summed E-state index contributed by atoms with van der Waals surface area (Å²) in [5.74, 6) is -2.61. The number of methoxy groups -OCH3 is 1. The van der Waals surface area contributed by atoms with Crippen molar-refractivity contribution in [1.82, 2.24) is 4.98 Å². The molecule has 0 fully saturated rings. The number of thioether (sulfide) groups is 1. The van der Waals surface area contributed by atoms with Crippen LogP contribution in [0.2, 0.25) is 0 Å². The second kappa shape index (κ2) is 10.2. The molecule has 188 valence electrons. The molecule has 2 aromatic carbocycles. The van der Waals surface area contributed by atoms with Gasteiger partial charge in [-0.25, -0.2) is 0 Å². The summed E-state index contributed by atoms with van der Waals surface area (Å²) < 4.78 is 10.8. The van der Waals surface area contributed by atoms with Gasteiger partial charge >= 0.3 is 5.97 Å². The van der Waals surface area contributed by atoms with Crippen molar-refractivity contribution in [2.75, 3.05) is 13.4 Å². The predicted molar refractivity (Wildman–Crippen MR) is 134 cm³/mol. The number of phenols is 2. The first-order valence-corrected chi connectivity index (χ1v) is 12.5. The molecule has 3 N–H and O–H groups in total. The van der Waals surface area contributed by atoms with E-state index in [0.717, 1.165) is 4.90 Å². The number of nitrogens with zero attached hydrogens (tertiary/aromatic N) is 1. The molecule has 1 aromatic heterocycles. The van der Waals surface area contributed by atoms with E-state index in [1.807, 2.05) is 18.4 Å². The first-order valence-electron chi connectivity index (χ1n) is 11.3. The van der Waals surface area contributed by atoms with Gasteiger partial charge in [0.1, 0.15) is 23.4 Å². The minimum Gasteiger partial charge on any atom is -0.507 e. The Balaban J connectivity index is 1.96. The lowest BCUT2D eigenvalue weighted by Gasteiger charge is -2.24. The third kappa shape index (κ3) is 4.52. The Hall–Kier alpha value is -3.56. The van der Waals surface area contributed by atoms with Gasteiger partial charge in [0.15, 0.2) is 5.78 Å². The number of ether oxygens (including phenoxy) is 2. The van der Waals surface area contributed by atoms with Crippen molar-refractivity contribution in [2.45, 2.75) is 43.8 Å². The molecule has 1 aliphatic rings. The van der Waals surface area contributed by atoms with E-state index in [-0.39, 0.29) is 41.2 Å². The number of carbonyl (C=O) groups is 2. The highest BCUT2D eigenvalue weighted by atomic mass is 32.2. The van der Waals surface area contributed by atoms with Crippen molar-refractivity contribution in [3.8, 4) is 17.2 Å². The molecule has 0 amide bonds. The zero-order valence-electron chi connectivity index (χ0n) is 20.4. The molecular weight excluding hydrogens is 482 g/mol. The lowest BCUT2D eigenvalue weighted by Crippen LogP contribution is -2.13. The van der Waals surface area contributed by atoms with E-state index >= 15 is 0 Å². The fraction of sp³-hybridized carbons (Fsp3) is 0.296. The van der Waals surface area contributed by atoms with Crippen molar-refractivity contribution in [3.05, 3.63) is 75.6 Å². The second-order valence-corrected chi connectivity index (χ2v) is 9.49. The lowest BCUT2D eigenvalue weighted by atomic mass is 9.83. The molecule has 0 radical (unpaired) electrons. The number of carbonyl (C=O) groups excluding carboxylic acids is 2. The maximum Gasteiger partial charge on any atom is 0.306 e. The average Bonchev–Trinajstić information content (AvgIpc) is 3.30. The fourth-order valence-corrected chi connectivity index (χ4v) is 4.95. The number of esters is 1. The number of rotatable bonds is 7. The van der Waals surface area contributed by atoms with Crippen LogP contribution in [0.3, 0.4) is 0 Å². The van der Waals surface area contributed by atoms with Crippen molar-refractivity contribution in [2.24, 2.45) is 0 Å². The predicted octanol–water partition coefficient (Wildman–Crippen LogP) is 4.75. The molecule has 0 saturated carbocycles. The van der Waals surface area contributed by atoms with Crippen molar-refractivity contribution in [1.29, 1.82) is 0 Å². The fourth-order valence-electron chi connectivity index (χ4n) is 4.54. The Morgan fingerprint density at radius 2 is 1.86 bits per heavy atom. The first-order chi connectivity index (χ1) is 17.2. The molecule has 3 aromatic rings. The van der Waals surface area contributed by atoms with Gasteiger partial charge in [-0.15, -0.1) is 11.8 Å². The van der Waals surface area contributed by atoms with E-state index in [4.69, 9.17) is 9.47 Å². The number of pyridine rings is 1. The van der Waals surface area contributed by atoms with Crippen LogP contribution >= 0.6 is 11.8 Å². The van der Waals surface area contributed by atoms with Crippen LogP contribution in [0.4, 0.5) is 0 Å². The molecule has 9 heteroatoms. The van der Waals surface area contributed by atoms with Crippen LogP contribution in [0.15, 0.2) is 41.4 Å². The summed E-state index contributed by atoms with van der Waals surface area (Å²) in [6.45, 7) is 3.10. The molecule has 4 rings (SSSR count). The van der Waals surface area contributed by atoms with Crippen LogP contribution < -0.4 is 0 Å². The normalized spacial score (nSPS) is 15.4. The summed E-state index contributed by atoms with van der Waals surface area (Å²) in [6.07, 6.45) is 2.44. The summed E-state index contributed by atoms with van der Waals surface area (Å²) in [4.78, 5) is 30.1. The van der Waals surface area contributed by atoms with E-state index in [0.29, 0.717) is 22.4 Å². The molecule has 0 aliphatic carbocycles. The topological polar surface area (TPSA) is 126 Å². The smallest absolute Gasteiger partial charge is 0.306 e. The zero-order valence-corrected chi connectivity index (χ0v) is 21.2.